The van der Waals surface area contributed by atoms with Gasteiger partial charge in [-0.05, 0) is 48.4 Å². The lowest BCUT2D eigenvalue weighted by molar-refractivity contribution is 0.0521. The van der Waals surface area contributed by atoms with E-state index in [9.17, 15) is 4.79 Å². The number of ether oxygens (including phenoxy) is 1. The zero-order valence-corrected chi connectivity index (χ0v) is 12.5. The lowest BCUT2D eigenvalue weighted by Crippen LogP contribution is -2.44. The number of amides is 1. The Morgan fingerprint density at radius 1 is 1.14 bits per heavy atom. The number of carbonyl (C=O) groups is 1. The average molecular weight is 285 g/mol. The van der Waals surface area contributed by atoms with Crippen molar-refractivity contribution in [3.05, 3.63) is 29.3 Å². The monoisotopic (exact) mass is 285 g/mol. The number of piperidine rings is 1. The van der Waals surface area contributed by atoms with Gasteiger partial charge in [-0.25, -0.2) is 0 Å². The molecule has 0 aromatic heterocycles. The van der Waals surface area contributed by atoms with E-state index in [2.05, 4.69) is 4.90 Å². The van der Waals surface area contributed by atoms with Gasteiger partial charge in [-0.15, -0.1) is 0 Å². The van der Waals surface area contributed by atoms with Gasteiger partial charge in [0, 0.05) is 25.1 Å². The Bertz CT molecular complexity index is 554. The number of hydrogen-bond donors (Lipinski definition) is 0. The number of rotatable bonds is 1. The Morgan fingerprint density at radius 3 is 2.90 bits per heavy atom. The molecule has 1 aromatic rings. The van der Waals surface area contributed by atoms with Crippen LogP contribution in [0.5, 0.6) is 5.75 Å². The van der Waals surface area contributed by atoms with Gasteiger partial charge < -0.3 is 9.64 Å². The first-order valence-electron chi connectivity index (χ1n) is 8.36. The fourth-order valence-electron chi connectivity index (χ4n) is 4.29. The van der Waals surface area contributed by atoms with Gasteiger partial charge in [-0.1, -0.05) is 19.3 Å². The lowest BCUT2D eigenvalue weighted by atomic mass is 9.75. The molecule has 0 radical (unpaired) electrons. The molecule has 1 aliphatic carbocycles. The van der Waals surface area contributed by atoms with Crippen LogP contribution < -0.4 is 4.74 Å². The van der Waals surface area contributed by atoms with E-state index >= 15 is 0 Å². The van der Waals surface area contributed by atoms with E-state index in [0.29, 0.717) is 0 Å². The number of carbonyl (C=O) groups excluding carboxylic acids is 1. The van der Waals surface area contributed by atoms with E-state index in [0.717, 1.165) is 49.3 Å². The average Bonchev–Trinajstić information content (AvgIpc) is 3.01. The summed E-state index contributed by atoms with van der Waals surface area (Å²) in [5.74, 6) is 2.79. The molecule has 0 spiro atoms. The van der Waals surface area contributed by atoms with Crippen molar-refractivity contribution in [1.82, 2.24) is 4.90 Å². The second kappa shape index (κ2) is 5.36. The van der Waals surface area contributed by atoms with E-state index in [4.69, 9.17) is 4.74 Å². The summed E-state index contributed by atoms with van der Waals surface area (Å²) in [6.07, 6.45) is 7.56. The lowest BCUT2D eigenvalue weighted by Gasteiger charge is -2.41. The normalized spacial score (nSPS) is 27.7. The standard InChI is InChI=1S/C18H23NO2/c20-18(15-5-6-17-14(11-15)8-10-21-17)19-9-7-13-3-1-2-4-16(13)12-19/h5-6,11,13,16H,1-4,7-10,12H2. The van der Waals surface area contributed by atoms with Crippen LogP contribution in [0.25, 0.3) is 0 Å². The smallest absolute Gasteiger partial charge is 0.253 e. The van der Waals surface area contributed by atoms with Gasteiger partial charge in [-0.3, -0.25) is 4.79 Å². The van der Waals surface area contributed by atoms with E-state index in [1.54, 1.807) is 0 Å². The zero-order chi connectivity index (χ0) is 14.2. The molecule has 2 heterocycles. The summed E-state index contributed by atoms with van der Waals surface area (Å²) < 4.78 is 5.52. The van der Waals surface area contributed by atoms with Crippen molar-refractivity contribution in [2.75, 3.05) is 19.7 Å². The molecule has 0 N–H and O–H groups in total. The first-order valence-corrected chi connectivity index (χ1v) is 8.36. The molecular weight excluding hydrogens is 262 g/mol. The third kappa shape index (κ3) is 2.43. The SMILES string of the molecule is O=C(c1ccc2c(c1)CCO2)N1CCC2CCCCC2C1. The summed E-state index contributed by atoms with van der Waals surface area (Å²) in [5, 5.41) is 0. The molecule has 1 saturated heterocycles. The van der Waals surface area contributed by atoms with Crippen LogP contribution >= 0.6 is 0 Å². The van der Waals surface area contributed by atoms with Gasteiger partial charge in [0.05, 0.1) is 6.61 Å². The maximum atomic E-state index is 12.8. The molecule has 21 heavy (non-hydrogen) atoms. The molecule has 1 saturated carbocycles. The van der Waals surface area contributed by atoms with Gasteiger partial charge in [0.1, 0.15) is 5.75 Å². The number of likely N-dealkylation sites (tertiary alicyclic amines) is 1. The molecule has 3 aliphatic rings. The molecule has 3 nitrogen and oxygen atoms in total. The summed E-state index contributed by atoms with van der Waals surface area (Å²) in [7, 11) is 0. The predicted molar refractivity (Wildman–Crippen MR) is 81.6 cm³/mol. The maximum absolute atomic E-state index is 12.8. The highest BCUT2D eigenvalue weighted by Crippen LogP contribution is 2.36. The summed E-state index contributed by atoms with van der Waals surface area (Å²) >= 11 is 0. The molecule has 1 aromatic carbocycles. The van der Waals surface area contributed by atoms with Crippen molar-refractivity contribution < 1.29 is 9.53 Å². The number of benzene rings is 1. The Kier molecular flexibility index (Phi) is 3.36. The molecule has 2 unspecified atom stereocenters. The molecule has 3 heteroatoms. The highest BCUT2D eigenvalue weighted by Gasteiger charge is 2.33. The summed E-state index contributed by atoms with van der Waals surface area (Å²) in [4.78, 5) is 14.8. The highest BCUT2D eigenvalue weighted by atomic mass is 16.5. The fraction of sp³-hybridized carbons (Fsp3) is 0.611. The van der Waals surface area contributed by atoms with Gasteiger partial charge >= 0.3 is 0 Å². The second-order valence-electron chi connectivity index (χ2n) is 6.77. The van der Waals surface area contributed by atoms with Gasteiger partial charge in [-0.2, -0.15) is 0 Å². The summed E-state index contributed by atoms with van der Waals surface area (Å²) in [6.45, 7) is 2.66. The molecule has 4 rings (SSSR count). The van der Waals surface area contributed by atoms with Crippen molar-refractivity contribution >= 4 is 5.91 Å². The molecule has 2 fully saturated rings. The minimum Gasteiger partial charge on any atom is -0.493 e. The molecule has 0 bridgehead atoms. The second-order valence-corrected chi connectivity index (χ2v) is 6.77. The van der Waals surface area contributed by atoms with Gasteiger partial charge in [0.15, 0.2) is 0 Å². The summed E-state index contributed by atoms with van der Waals surface area (Å²) in [6, 6.07) is 5.93. The molecule has 2 atom stereocenters. The Morgan fingerprint density at radius 2 is 2.00 bits per heavy atom. The van der Waals surface area contributed by atoms with Crippen LogP contribution in [-0.4, -0.2) is 30.5 Å². The van der Waals surface area contributed by atoms with Crippen molar-refractivity contribution in [1.29, 1.82) is 0 Å². The Labute approximate surface area is 126 Å². The number of fused-ring (bicyclic) bond motifs is 2. The Hall–Kier alpha value is -1.51. The van der Waals surface area contributed by atoms with Gasteiger partial charge in [0.2, 0.25) is 0 Å². The van der Waals surface area contributed by atoms with Crippen molar-refractivity contribution in [2.45, 2.75) is 38.5 Å². The van der Waals surface area contributed by atoms with E-state index in [1.165, 1.54) is 37.7 Å². The van der Waals surface area contributed by atoms with E-state index < -0.39 is 0 Å². The van der Waals surface area contributed by atoms with Crippen LogP contribution in [0.1, 0.15) is 48.0 Å². The third-order valence-electron chi connectivity index (χ3n) is 5.51. The molecule has 112 valence electrons. The highest BCUT2D eigenvalue weighted by molar-refractivity contribution is 5.94. The number of nitrogens with zero attached hydrogens (tertiary/aromatic N) is 1. The summed E-state index contributed by atoms with van der Waals surface area (Å²) in [5.41, 5.74) is 2.03. The predicted octanol–water partition coefficient (Wildman–Crippen LogP) is 3.27. The van der Waals surface area contributed by atoms with Crippen molar-refractivity contribution in [3.63, 3.8) is 0 Å². The molecular formula is C18H23NO2. The molecule has 1 amide bonds. The van der Waals surface area contributed by atoms with Crippen LogP contribution in [0.3, 0.4) is 0 Å². The minimum atomic E-state index is 0.216. The van der Waals surface area contributed by atoms with Crippen LogP contribution in [0.2, 0.25) is 0 Å². The van der Waals surface area contributed by atoms with E-state index in [-0.39, 0.29) is 5.91 Å². The quantitative estimate of drug-likeness (QED) is 0.792. The maximum Gasteiger partial charge on any atom is 0.253 e. The van der Waals surface area contributed by atoms with Crippen LogP contribution in [-0.2, 0) is 6.42 Å². The van der Waals surface area contributed by atoms with E-state index in [1.807, 2.05) is 18.2 Å². The zero-order valence-electron chi connectivity index (χ0n) is 12.5. The van der Waals surface area contributed by atoms with Crippen molar-refractivity contribution in [3.8, 4) is 5.75 Å². The van der Waals surface area contributed by atoms with Crippen molar-refractivity contribution in [2.24, 2.45) is 11.8 Å². The van der Waals surface area contributed by atoms with Crippen LogP contribution in [0.15, 0.2) is 18.2 Å². The van der Waals surface area contributed by atoms with Crippen LogP contribution in [0, 0.1) is 11.8 Å². The van der Waals surface area contributed by atoms with Gasteiger partial charge in [0.25, 0.3) is 5.91 Å². The Balaban J connectivity index is 1.49. The first kappa shape index (κ1) is 13.2. The fourth-order valence-corrected chi connectivity index (χ4v) is 4.29. The van der Waals surface area contributed by atoms with Crippen LogP contribution in [0.4, 0.5) is 0 Å². The topological polar surface area (TPSA) is 29.5 Å². The largest absolute Gasteiger partial charge is 0.493 e. The minimum absolute atomic E-state index is 0.216. The molecule has 2 aliphatic heterocycles. The third-order valence-corrected chi connectivity index (χ3v) is 5.51. The number of hydrogen-bond acceptors (Lipinski definition) is 2. The first-order chi connectivity index (χ1) is 10.3.